The van der Waals surface area contributed by atoms with E-state index < -0.39 is 17.9 Å². The highest BCUT2D eigenvalue weighted by molar-refractivity contribution is 6.32. The van der Waals surface area contributed by atoms with E-state index in [2.05, 4.69) is 10.6 Å². The topological polar surface area (TPSA) is 70.7 Å². The van der Waals surface area contributed by atoms with Crippen molar-refractivity contribution in [1.29, 1.82) is 0 Å². The van der Waals surface area contributed by atoms with Gasteiger partial charge in [0.2, 0.25) is 5.91 Å². The zero-order valence-corrected chi connectivity index (χ0v) is 15.9. The van der Waals surface area contributed by atoms with Gasteiger partial charge in [0.15, 0.2) is 5.75 Å². The first-order valence-electron chi connectivity index (χ1n) is 8.33. The molecule has 8 heteroatoms. The number of hydrogen-bond acceptors (Lipinski definition) is 3. The summed E-state index contributed by atoms with van der Waals surface area (Å²) in [6, 6.07) is 6.47. The standard InChI is InChI=1S/C19H19ClFN3O3/c1-10-4-5-11-8-14(23-19(26)22-2)18(25)24(3)16(11)17(10)27-15-9-12(21)6-7-13(15)20/h4-7,9,14H,8H2,1-3H3,(H2,22,23,26)/t14-/m1/s1. The maximum atomic E-state index is 13.6. The highest BCUT2D eigenvalue weighted by Crippen LogP contribution is 2.42. The first-order valence-corrected chi connectivity index (χ1v) is 8.70. The molecule has 1 aliphatic rings. The molecule has 0 fully saturated rings. The van der Waals surface area contributed by atoms with Crippen LogP contribution in [0, 0.1) is 12.7 Å². The maximum Gasteiger partial charge on any atom is 0.315 e. The third kappa shape index (κ3) is 3.68. The molecule has 3 rings (SSSR count). The second-order valence-corrected chi connectivity index (χ2v) is 6.68. The average Bonchev–Trinajstić information content (AvgIpc) is 2.64. The molecule has 6 nitrogen and oxygen atoms in total. The highest BCUT2D eigenvalue weighted by atomic mass is 35.5. The zero-order valence-electron chi connectivity index (χ0n) is 15.1. The monoisotopic (exact) mass is 391 g/mol. The lowest BCUT2D eigenvalue weighted by Crippen LogP contribution is -2.53. The van der Waals surface area contributed by atoms with Gasteiger partial charge in [-0.05, 0) is 30.2 Å². The van der Waals surface area contributed by atoms with Crippen molar-refractivity contribution in [3.63, 3.8) is 0 Å². The van der Waals surface area contributed by atoms with Crippen LogP contribution in [0.5, 0.6) is 11.5 Å². The largest absolute Gasteiger partial charge is 0.453 e. The van der Waals surface area contributed by atoms with Crippen LogP contribution in [-0.4, -0.2) is 32.1 Å². The number of benzene rings is 2. The molecule has 0 radical (unpaired) electrons. The summed E-state index contributed by atoms with van der Waals surface area (Å²) in [6.07, 6.45) is 0.319. The van der Waals surface area contributed by atoms with E-state index in [-0.39, 0.29) is 16.7 Å². The van der Waals surface area contributed by atoms with Crippen LogP contribution in [0.2, 0.25) is 5.02 Å². The predicted octanol–water partition coefficient (Wildman–Crippen LogP) is 3.40. The number of halogens is 2. The zero-order chi connectivity index (χ0) is 19.7. The van der Waals surface area contributed by atoms with Crippen molar-refractivity contribution in [1.82, 2.24) is 10.6 Å². The van der Waals surface area contributed by atoms with Gasteiger partial charge in [-0.15, -0.1) is 0 Å². The molecule has 1 heterocycles. The number of carbonyl (C=O) groups is 2. The number of anilines is 1. The Hall–Kier alpha value is -2.80. The number of fused-ring (bicyclic) bond motifs is 1. The SMILES string of the molecule is CNC(=O)N[C@@H]1Cc2ccc(C)c(Oc3cc(F)ccc3Cl)c2N(C)C1=O. The first-order chi connectivity index (χ1) is 12.8. The van der Waals surface area contributed by atoms with E-state index in [1.807, 2.05) is 19.1 Å². The molecule has 1 atom stereocenters. The quantitative estimate of drug-likeness (QED) is 0.842. The van der Waals surface area contributed by atoms with Crippen LogP contribution in [0.4, 0.5) is 14.9 Å². The summed E-state index contributed by atoms with van der Waals surface area (Å²) in [6.45, 7) is 1.83. The fourth-order valence-corrected chi connectivity index (χ4v) is 3.19. The van der Waals surface area contributed by atoms with Gasteiger partial charge in [-0.25, -0.2) is 9.18 Å². The van der Waals surface area contributed by atoms with Crippen LogP contribution in [0.3, 0.4) is 0 Å². The van der Waals surface area contributed by atoms with Crippen molar-refractivity contribution in [2.24, 2.45) is 0 Å². The molecular formula is C19H19ClFN3O3. The second kappa shape index (κ2) is 7.44. The summed E-state index contributed by atoms with van der Waals surface area (Å²) >= 11 is 6.12. The Morgan fingerprint density at radius 3 is 2.78 bits per heavy atom. The van der Waals surface area contributed by atoms with E-state index in [0.29, 0.717) is 17.9 Å². The lowest BCUT2D eigenvalue weighted by Gasteiger charge is -2.33. The minimum absolute atomic E-state index is 0.166. The molecule has 0 bridgehead atoms. The first kappa shape index (κ1) is 19.0. The minimum Gasteiger partial charge on any atom is -0.453 e. The Labute approximate surface area is 161 Å². The normalized spacial score (nSPS) is 16.0. The molecule has 0 saturated carbocycles. The summed E-state index contributed by atoms with van der Waals surface area (Å²) in [7, 11) is 3.09. The average molecular weight is 392 g/mol. The molecule has 0 saturated heterocycles. The van der Waals surface area contributed by atoms with Gasteiger partial charge < -0.3 is 20.3 Å². The van der Waals surface area contributed by atoms with Crippen LogP contribution in [0.15, 0.2) is 30.3 Å². The number of nitrogens with one attached hydrogen (secondary N) is 2. The van der Waals surface area contributed by atoms with Crippen LogP contribution >= 0.6 is 11.6 Å². The molecule has 27 heavy (non-hydrogen) atoms. The van der Waals surface area contributed by atoms with Crippen molar-refractivity contribution in [2.75, 3.05) is 19.0 Å². The number of carbonyl (C=O) groups excluding carboxylic acids is 2. The number of ether oxygens (including phenoxy) is 1. The summed E-state index contributed by atoms with van der Waals surface area (Å²) < 4.78 is 19.5. The Bertz CT molecular complexity index is 919. The Morgan fingerprint density at radius 2 is 2.07 bits per heavy atom. The molecule has 0 unspecified atom stereocenters. The number of likely N-dealkylation sites (N-methyl/N-ethyl adjacent to an activating group) is 1. The van der Waals surface area contributed by atoms with E-state index in [0.717, 1.165) is 11.1 Å². The van der Waals surface area contributed by atoms with Crippen molar-refractivity contribution in [3.8, 4) is 11.5 Å². The van der Waals surface area contributed by atoms with Crippen molar-refractivity contribution in [2.45, 2.75) is 19.4 Å². The van der Waals surface area contributed by atoms with Gasteiger partial charge in [0.1, 0.15) is 17.6 Å². The molecule has 2 N–H and O–H groups in total. The fraction of sp³-hybridized carbons (Fsp3) is 0.263. The lowest BCUT2D eigenvalue weighted by atomic mass is 9.95. The summed E-state index contributed by atoms with van der Waals surface area (Å²) in [5.41, 5.74) is 2.17. The van der Waals surface area contributed by atoms with Crippen LogP contribution in [0.1, 0.15) is 11.1 Å². The minimum atomic E-state index is -0.684. The Balaban J connectivity index is 2.01. The molecule has 0 spiro atoms. The molecule has 3 amide bonds. The maximum absolute atomic E-state index is 13.6. The van der Waals surface area contributed by atoms with Crippen LogP contribution in [0.25, 0.3) is 0 Å². The summed E-state index contributed by atoms with van der Waals surface area (Å²) in [5.74, 6) is -0.156. The number of amides is 3. The van der Waals surface area contributed by atoms with Crippen LogP contribution in [-0.2, 0) is 11.2 Å². The van der Waals surface area contributed by atoms with Gasteiger partial charge in [0.05, 0.1) is 10.7 Å². The summed E-state index contributed by atoms with van der Waals surface area (Å²) in [4.78, 5) is 25.8. The van der Waals surface area contributed by atoms with Gasteiger partial charge in [-0.2, -0.15) is 0 Å². The number of aryl methyl sites for hydroxylation is 1. The van der Waals surface area contributed by atoms with Gasteiger partial charge in [0.25, 0.3) is 0 Å². The van der Waals surface area contributed by atoms with E-state index in [4.69, 9.17) is 16.3 Å². The molecular weight excluding hydrogens is 373 g/mol. The van der Waals surface area contributed by atoms with E-state index in [9.17, 15) is 14.0 Å². The molecule has 1 aliphatic heterocycles. The van der Waals surface area contributed by atoms with Gasteiger partial charge in [0, 0.05) is 26.6 Å². The Kier molecular flexibility index (Phi) is 5.23. The third-order valence-electron chi connectivity index (χ3n) is 4.44. The van der Waals surface area contributed by atoms with Crippen molar-refractivity contribution >= 4 is 29.2 Å². The number of hydrogen-bond donors (Lipinski definition) is 2. The van der Waals surface area contributed by atoms with Gasteiger partial charge >= 0.3 is 6.03 Å². The number of nitrogens with zero attached hydrogens (tertiary/aromatic N) is 1. The fourth-order valence-electron chi connectivity index (χ4n) is 3.03. The molecule has 0 aliphatic carbocycles. The van der Waals surface area contributed by atoms with Gasteiger partial charge in [-0.3, -0.25) is 4.79 Å². The number of rotatable bonds is 3. The predicted molar refractivity (Wildman–Crippen MR) is 101 cm³/mol. The van der Waals surface area contributed by atoms with Gasteiger partial charge in [-0.1, -0.05) is 23.7 Å². The smallest absolute Gasteiger partial charge is 0.315 e. The molecule has 142 valence electrons. The molecule has 2 aromatic rings. The highest BCUT2D eigenvalue weighted by Gasteiger charge is 2.34. The number of urea groups is 1. The van der Waals surface area contributed by atoms with Crippen molar-refractivity contribution < 1.29 is 18.7 Å². The Morgan fingerprint density at radius 1 is 1.33 bits per heavy atom. The second-order valence-electron chi connectivity index (χ2n) is 6.27. The van der Waals surface area contributed by atoms with E-state index >= 15 is 0 Å². The summed E-state index contributed by atoms with van der Waals surface area (Å²) in [5, 5.41) is 5.34. The third-order valence-corrected chi connectivity index (χ3v) is 4.75. The van der Waals surface area contributed by atoms with Crippen LogP contribution < -0.4 is 20.3 Å². The molecule has 0 aromatic heterocycles. The van der Waals surface area contributed by atoms with E-state index in [1.54, 1.807) is 7.05 Å². The lowest BCUT2D eigenvalue weighted by molar-refractivity contribution is -0.120. The molecule has 2 aromatic carbocycles. The van der Waals surface area contributed by atoms with E-state index in [1.165, 1.54) is 30.1 Å². The van der Waals surface area contributed by atoms with Crippen molar-refractivity contribution in [3.05, 3.63) is 52.3 Å².